The molecule has 31 heavy (non-hydrogen) atoms. The lowest BCUT2D eigenvalue weighted by Crippen LogP contribution is -2.28. The summed E-state index contributed by atoms with van der Waals surface area (Å²) in [5.41, 5.74) is 1.57. The predicted octanol–water partition coefficient (Wildman–Crippen LogP) is 4.73. The molecule has 0 N–H and O–H groups in total. The third-order valence-electron chi connectivity index (χ3n) is 5.48. The van der Waals surface area contributed by atoms with Crippen molar-refractivity contribution in [2.75, 3.05) is 20.8 Å². The van der Waals surface area contributed by atoms with E-state index in [2.05, 4.69) is 26.1 Å². The molecule has 0 saturated carbocycles. The molecule has 2 atom stereocenters. The number of likely N-dealkylation sites (tertiary alicyclic amines) is 1. The van der Waals surface area contributed by atoms with E-state index in [0.29, 0.717) is 39.8 Å². The summed E-state index contributed by atoms with van der Waals surface area (Å²) in [6, 6.07) is 9.97. The van der Waals surface area contributed by atoms with E-state index in [9.17, 15) is 9.18 Å². The molecule has 7 nitrogen and oxygen atoms in total. The topological polar surface area (TPSA) is 77.7 Å². The van der Waals surface area contributed by atoms with Crippen molar-refractivity contribution in [2.45, 2.75) is 25.3 Å². The van der Waals surface area contributed by atoms with Gasteiger partial charge in [0.1, 0.15) is 5.82 Å². The molecule has 2 heterocycles. The number of nitrogens with zero attached hydrogens (tertiary/aromatic N) is 3. The maximum absolute atomic E-state index is 13.5. The van der Waals surface area contributed by atoms with Gasteiger partial charge in [-0.3, -0.25) is 4.79 Å². The third-order valence-corrected chi connectivity index (χ3v) is 6.09. The van der Waals surface area contributed by atoms with Crippen LogP contribution >= 0.6 is 15.9 Å². The molecular formula is C22H21BrFN3O4. The fourth-order valence-corrected chi connectivity index (χ4v) is 4.10. The molecule has 1 amide bonds. The SMILES string of the molecule is COc1ccc(C(C)N2CC(c3nc(-c4ccc(F)c(Br)c4)no3)CC2=O)cc1OC. The minimum Gasteiger partial charge on any atom is -0.493 e. The van der Waals surface area contributed by atoms with Crippen molar-refractivity contribution in [1.82, 2.24) is 15.0 Å². The number of rotatable bonds is 6. The maximum atomic E-state index is 13.5. The summed E-state index contributed by atoms with van der Waals surface area (Å²) in [5, 5.41) is 4.01. The van der Waals surface area contributed by atoms with Gasteiger partial charge < -0.3 is 18.9 Å². The van der Waals surface area contributed by atoms with Crippen molar-refractivity contribution in [3.8, 4) is 22.9 Å². The van der Waals surface area contributed by atoms with Gasteiger partial charge in [-0.05, 0) is 58.7 Å². The zero-order valence-electron chi connectivity index (χ0n) is 17.3. The van der Waals surface area contributed by atoms with E-state index in [1.54, 1.807) is 31.3 Å². The van der Waals surface area contributed by atoms with E-state index in [1.165, 1.54) is 6.07 Å². The summed E-state index contributed by atoms with van der Waals surface area (Å²) in [6.07, 6.45) is 0.284. The number of aromatic nitrogens is 2. The molecule has 4 rings (SSSR count). The van der Waals surface area contributed by atoms with E-state index in [4.69, 9.17) is 14.0 Å². The normalized spacial score (nSPS) is 17.1. The Balaban J connectivity index is 1.52. The lowest BCUT2D eigenvalue weighted by Gasteiger charge is -2.25. The van der Waals surface area contributed by atoms with E-state index in [0.717, 1.165) is 5.56 Å². The lowest BCUT2D eigenvalue weighted by molar-refractivity contribution is -0.129. The molecule has 0 spiro atoms. The minimum atomic E-state index is -0.367. The van der Waals surface area contributed by atoms with Gasteiger partial charge in [0, 0.05) is 18.5 Å². The fraction of sp³-hybridized carbons (Fsp3) is 0.318. The Morgan fingerprint density at radius 1 is 1.19 bits per heavy atom. The van der Waals surface area contributed by atoms with E-state index in [-0.39, 0.29) is 30.1 Å². The summed E-state index contributed by atoms with van der Waals surface area (Å²) >= 11 is 3.16. The number of carbonyl (C=O) groups is 1. The van der Waals surface area contributed by atoms with Gasteiger partial charge in [-0.1, -0.05) is 11.2 Å². The van der Waals surface area contributed by atoms with E-state index < -0.39 is 0 Å². The largest absolute Gasteiger partial charge is 0.493 e. The Morgan fingerprint density at radius 2 is 1.97 bits per heavy atom. The van der Waals surface area contributed by atoms with Crippen molar-refractivity contribution in [1.29, 1.82) is 0 Å². The average Bonchev–Trinajstić information content (AvgIpc) is 3.41. The molecule has 1 fully saturated rings. The fourth-order valence-electron chi connectivity index (χ4n) is 3.72. The first kappa shape index (κ1) is 21.3. The van der Waals surface area contributed by atoms with Crippen LogP contribution in [0.25, 0.3) is 11.4 Å². The summed E-state index contributed by atoms with van der Waals surface area (Å²) < 4.78 is 29.9. The van der Waals surface area contributed by atoms with E-state index >= 15 is 0 Å². The summed E-state index contributed by atoms with van der Waals surface area (Å²) in [6.45, 7) is 2.43. The second-order valence-electron chi connectivity index (χ2n) is 7.32. The van der Waals surface area contributed by atoms with Gasteiger partial charge in [0.25, 0.3) is 0 Å². The van der Waals surface area contributed by atoms with Gasteiger partial charge in [0.15, 0.2) is 11.5 Å². The van der Waals surface area contributed by atoms with Gasteiger partial charge in [-0.15, -0.1) is 0 Å². The van der Waals surface area contributed by atoms with Gasteiger partial charge in [0.05, 0.1) is 30.7 Å². The first-order valence-corrected chi connectivity index (χ1v) is 10.5. The molecule has 1 aromatic heterocycles. The number of halogens is 2. The molecular weight excluding hydrogens is 469 g/mol. The molecule has 1 saturated heterocycles. The Kier molecular flexibility index (Phi) is 5.95. The molecule has 0 radical (unpaired) electrons. The van der Waals surface area contributed by atoms with Crippen LogP contribution in [0.3, 0.4) is 0 Å². The van der Waals surface area contributed by atoms with Crippen LogP contribution in [0.5, 0.6) is 11.5 Å². The number of hydrogen-bond acceptors (Lipinski definition) is 6. The number of hydrogen-bond donors (Lipinski definition) is 0. The number of ether oxygens (including phenoxy) is 2. The number of methoxy groups -OCH3 is 2. The Hall–Kier alpha value is -2.94. The predicted molar refractivity (Wildman–Crippen MR) is 114 cm³/mol. The second kappa shape index (κ2) is 8.66. The van der Waals surface area contributed by atoms with E-state index in [1.807, 2.05) is 25.1 Å². The highest BCUT2D eigenvalue weighted by atomic mass is 79.9. The van der Waals surface area contributed by atoms with Gasteiger partial charge in [0.2, 0.25) is 17.6 Å². The van der Waals surface area contributed by atoms with Crippen LogP contribution in [0.4, 0.5) is 4.39 Å². The maximum Gasteiger partial charge on any atom is 0.232 e. The van der Waals surface area contributed by atoms with Crippen LogP contribution in [0.15, 0.2) is 45.4 Å². The Labute approximate surface area is 187 Å². The van der Waals surface area contributed by atoms with Crippen LogP contribution in [0.2, 0.25) is 0 Å². The molecule has 2 unspecified atom stereocenters. The Bertz CT molecular complexity index is 1120. The molecule has 1 aliphatic rings. The highest BCUT2D eigenvalue weighted by Crippen LogP contribution is 2.37. The van der Waals surface area contributed by atoms with Crippen LogP contribution in [0.1, 0.15) is 36.8 Å². The van der Waals surface area contributed by atoms with Crippen molar-refractivity contribution in [3.63, 3.8) is 0 Å². The number of benzene rings is 2. The highest BCUT2D eigenvalue weighted by molar-refractivity contribution is 9.10. The number of amides is 1. The summed E-state index contributed by atoms with van der Waals surface area (Å²) in [5.74, 6) is 1.43. The van der Waals surface area contributed by atoms with Crippen molar-refractivity contribution >= 4 is 21.8 Å². The molecule has 0 aliphatic carbocycles. The molecule has 162 valence electrons. The highest BCUT2D eigenvalue weighted by Gasteiger charge is 2.37. The number of carbonyl (C=O) groups excluding carboxylic acids is 1. The monoisotopic (exact) mass is 489 g/mol. The quantitative estimate of drug-likeness (QED) is 0.497. The Morgan fingerprint density at radius 3 is 2.68 bits per heavy atom. The summed E-state index contributed by atoms with van der Waals surface area (Å²) in [4.78, 5) is 19.0. The molecule has 1 aliphatic heterocycles. The van der Waals surface area contributed by atoms with Crippen molar-refractivity contribution in [3.05, 3.63) is 58.1 Å². The first-order valence-electron chi connectivity index (χ1n) is 9.71. The smallest absolute Gasteiger partial charge is 0.232 e. The van der Waals surface area contributed by atoms with Gasteiger partial charge in [-0.25, -0.2) is 4.39 Å². The van der Waals surface area contributed by atoms with Crippen molar-refractivity contribution < 1.29 is 23.2 Å². The van der Waals surface area contributed by atoms with Crippen LogP contribution < -0.4 is 9.47 Å². The van der Waals surface area contributed by atoms with Crippen molar-refractivity contribution in [2.24, 2.45) is 0 Å². The molecule has 3 aromatic rings. The zero-order valence-corrected chi connectivity index (χ0v) is 18.8. The van der Waals surface area contributed by atoms with Gasteiger partial charge in [-0.2, -0.15) is 4.98 Å². The summed E-state index contributed by atoms with van der Waals surface area (Å²) in [7, 11) is 3.16. The molecule has 9 heteroatoms. The van der Waals surface area contributed by atoms with Gasteiger partial charge >= 0.3 is 0 Å². The second-order valence-corrected chi connectivity index (χ2v) is 8.18. The lowest BCUT2D eigenvalue weighted by atomic mass is 10.1. The average molecular weight is 490 g/mol. The molecule has 0 bridgehead atoms. The van der Waals surface area contributed by atoms with Crippen LogP contribution in [0, 0.1) is 5.82 Å². The third kappa shape index (κ3) is 4.14. The van der Waals surface area contributed by atoms with Crippen LogP contribution in [-0.2, 0) is 4.79 Å². The van der Waals surface area contributed by atoms with Crippen LogP contribution in [-0.4, -0.2) is 41.7 Å². The standard InChI is InChI=1S/C22H21BrFN3O4/c1-12(13-5-7-18(29-2)19(9-13)30-3)27-11-15(10-20(27)28)22-25-21(26-31-22)14-4-6-17(24)16(23)8-14/h4-9,12,15H,10-11H2,1-3H3. The zero-order chi connectivity index (χ0) is 22.1. The molecule has 2 aromatic carbocycles. The first-order chi connectivity index (χ1) is 14.9. The minimum absolute atomic E-state index is 0.0107.